The third-order valence-corrected chi connectivity index (χ3v) is 4.16. The molecule has 26 heavy (non-hydrogen) atoms. The van der Waals surface area contributed by atoms with Crippen LogP contribution in [-0.2, 0) is 11.2 Å². The summed E-state index contributed by atoms with van der Waals surface area (Å²) in [5.74, 6) is 0.856. The summed E-state index contributed by atoms with van der Waals surface area (Å²) in [6.07, 6.45) is 2.50. The van der Waals surface area contributed by atoms with Gasteiger partial charge in [0.05, 0.1) is 20.6 Å². The highest BCUT2D eigenvalue weighted by Gasteiger charge is 2.23. The zero-order valence-corrected chi connectivity index (χ0v) is 14.9. The number of methoxy groups -OCH3 is 2. The van der Waals surface area contributed by atoms with Gasteiger partial charge in [-0.3, -0.25) is 9.59 Å². The van der Waals surface area contributed by atoms with Gasteiger partial charge in [0.25, 0.3) is 5.91 Å². The molecule has 0 atom stereocenters. The van der Waals surface area contributed by atoms with E-state index in [1.807, 2.05) is 12.1 Å². The summed E-state index contributed by atoms with van der Waals surface area (Å²) in [4.78, 5) is 24.2. The molecule has 6 heteroatoms. The zero-order valence-electron chi connectivity index (χ0n) is 14.9. The minimum absolute atomic E-state index is 0.0367. The van der Waals surface area contributed by atoms with Crippen molar-refractivity contribution in [3.05, 3.63) is 53.6 Å². The quantitative estimate of drug-likeness (QED) is 0.802. The van der Waals surface area contributed by atoms with Crippen LogP contribution >= 0.6 is 0 Å². The number of carbonyl (C=O) groups is 2. The van der Waals surface area contributed by atoms with Crippen LogP contribution in [0.5, 0.6) is 11.5 Å². The van der Waals surface area contributed by atoms with Crippen molar-refractivity contribution in [2.45, 2.75) is 25.3 Å². The average Bonchev–Trinajstić information content (AvgIpc) is 3.46. The first kappa shape index (κ1) is 17.8. The summed E-state index contributed by atoms with van der Waals surface area (Å²) in [6, 6.07) is 12.6. The molecule has 2 aromatic rings. The Labute approximate surface area is 152 Å². The predicted molar refractivity (Wildman–Crippen MR) is 98.8 cm³/mol. The van der Waals surface area contributed by atoms with Gasteiger partial charge in [0.2, 0.25) is 5.91 Å². The van der Waals surface area contributed by atoms with Gasteiger partial charge in [-0.2, -0.15) is 0 Å². The lowest BCUT2D eigenvalue weighted by molar-refractivity contribution is -0.120. The maximum atomic E-state index is 12.4. The molecule has 1 aliphatic carbocycles. The second kappa shape index (κ2) is 7.91. The molecule has 0 aliphatic heterocycles. The zero-order chi connectivity index (χ0) is 18.5. The van der Waals surface area contributed by atoms with Crippen molar-refractivity contribution < 1.29 is 19.1 Å². The fraction of sp³-hybridized carbons (Fsp3) is 0.300. The molecule has 0 bridgehead atoms. The van der Waals surface area contributed by atoms with Gasteiger partial charge in [-0.05, 0) is 48.7 Å². The van der Waals surface area contributed by atoms with Gasteiger partial charge in [0, 0.05) is 17.3 Å². The molecule has 0 saturated heterocycles. The van der Waals surface area contributed by atoms with Crippen LogP contribution in [0.2, 0.25) is 0 Å². The van der Waals surface area contributed by atoms with Gasteiger partial charge in [0.1, 0.15) is 0 Å². The van der Waals surface area contributed by atoms with E-state index in [9.17, 15) is 9.59 Å². The summed E-state index contributed by atoms with van der Waals surface area (Å²) in [6.45, 7) is 0. The van der Waals surface area contributed by atoms with Crippen LogP contribution in [0.1, 0.15) is 28.8 Å². The van der Waals surface area contributed by atoms with Crippen LogP contribution in [0.15, 0.2) is 42.5 Å². The van der Waals surface area contributed by atoms with Gasteiger partial charge in [0.15, 0.2) is 11.5 Å². The number of carbonyl (C=O) groups excluding carboxylic acids is 2. The van der Waals surface area contributed by atoms with E-state index in [4.69, 9.17) is 9.47 Å². The molecule has 2 amide bonds. The Morgan fingerprint density at radius 3 is 2.31 bits per heavy atom. The predicted octanol–water partition coefficient (Wildman–Crippen LogP) is 2.78. The highest BCUT2D eigenvalue weighted by Crippen LogP contribution is 2.28. The first-order valence-electron chi connectivity index (χ1n) is 8.50. The van der Waals surface area contributed by atoms with Crippen LogP contribution < -0.4 is 20.1 Å². The highest BCUT2D eigenvalue weighted by molar-refractivity contribution is 6.04. The van der Waals surface area contributed by atoms with Crippen LogP contribution in [0.4, 0.5) is 5.69 Å². The Morgan fingerprint density at radius 2 is 1.69 bits per heavy atom. The highest BCUT2D eigenvalue weighted by atomic mass is 16.5. The monoisotopic (exact) mass is 354 g/mol. The number of nitrogens with one attached hydrogen (secondary N) is 2. The fourth-order valence-corrected chi connectivity index (χ4v) is 2.58. The molecule has 0 spiro atoms. The van der Waals surface area contributed by atoms with Crippen molar-refractivity contribution in [3.63, 3.8) is 0 Å². The van der Waals surface area contributed by atoms with Crippen LogP contribution in [0.3, 0.4) is 0 Å². The minimum Gasteiger partial charge on any atom is -0.493 e. The molecular weight excluding hydrogens is 332 g/mol. The van der Waals surface area contributed by atoms with E-state index >= 15 is 0 Å². The third-order valence-electron chi connectivity index (χ3n) is 4.16. The van der Waals surface area contributed by atoms with Crippen molar-refractivity contribution in [1.82, 2.24) is 5.32 Å². The van der Waals surface area contributed by atoms with Gasteiger partial charge in [-0.15, -0.1) is 0 Å². The average molecular weight is 354 g/mol. The van der Waals surface area contributed by atoms with Gasteiger partial charge in [-0.25, -0.2) is 0 Å². The molecule has 0 unspecified atom stereocenters. The van der Waals surface area contributed by atoms with E-state index < -0.39 is 0 Å². The topological polar surface area (TPSA) is 76.7 Å². The van der Waals surface area contributed by atoms with Crippen molar-refractivity contribution in [3.8, 4) is 11.5 Å². The Hall–Kier alpha value is -3.02. The molecule has 1 aliphatic rings. The lowest BCUT2D eigenvalue weighted by atomic mass is 10.1. The van der Waals surface area contributed by atoms with Crippen molar-refractivity contribution in [1.29, 1.82) is 0 Å². The van der Waals surface area contributed by atoms with E-state index in [0.717, 1.165) is 18.4 Å². The van der Waals surface area contributed by atoms with E-state index in [-0.39, 0.29) is 11.8 Å². The Kier molecular flexibility index (Phi) is 5.41. The van der Waals surface area contributed by atoms with E-state index in [1.54, 1.807) is 37.4 Å². The van der Waals surface area contributed by atoms with E-state index in [1.165, 1.54) is 7.11 Å². The molecule has 1 fully saturated rings. The molecule has 0 heterocycles. The lowest BCUT2D eigenvalue weighted by Gasteiger charge is -2.10. The molecule has 136 valence electrons. The maximum absolute atomic E-state index is 12.4. The van der Waals surface area contributed by atoms with E-state index in [0.29, 0.717) is 35.2 Å². The minimum atomic E-state index is -0.245. The molecule has 0 radical (unpaired) electrons. The molecule has 1 saturated carbocycles. The van der Waals surface area contributed by atoms with Crippen LogP contribution in [-0.4, -0.2) is 32.1 Å². The molecule has 2 aromatic carbocycles. The normalized spacial score (nSPS) is 13.0. The SMILES string of the molecule is COc1ccc(C(=O)Nc2ccc(CC(=O)NC3CC3)cc2)cc1OC. The summed E-state index contributed by atoms with van der Waals surface area (Å²) < 4.78 is 10.4. The number of rotatable bonds is 7. The summed E-state index contributed by atoms with van der Waals surface area (Å²) in [5.41, 5.74) is 2.04. The maximum Gasteiger partial charge on any atom is 0.255 e. The molecular formula is C20H22N2O4. The summed E-state index contributed by atoms with van der Waals surface area (Å²) >= 11 is 0. The van der Waals surface area contributed by atoms with Gasteiger partial charge in [-0.1, -0.05) is 12.1 Å². The summed E-state index contributed by atoms with van der Waals surface area (Å²) in [5, 5.41) is 5.79. The number of hydrogen-bond acceptors (Lipinski definition) is 4. The first-order valence-corrected chi connectivity index (χ1v) is 8.50. The Balaban J connectivity index is 1.61. The lowest BCUT2D eigenvalue weighted by Crippen LogP contribution is -2.26. The molecule has 6 nitrogen and oxygen atoms in total. The largest absolute Gasteiger partial charge is 0.493 e. The number of hydrogen-bond donors (Lipinski definition) is 2. The number of amides is 2. The van der Waals surface area contributed by atoms with Crippen LogP contribution in [0, 0.1) is 0 Å². The number of anilines is 1. The van der Waals surface area contributed by atoms with Gasteiger partial charge < -0.3 is 20.1 Å². The van der Waals surface area contributed by atoms with Crippen molar-refractivity contribution in [2.24, 2.45) is 0 Å². The van der Waals surface area contributed by atoms with Crippen molar-refractivity contribution in [2.75, 3.05) is 19.5 Å². The second-order valence-corrected chi connectivity index (χ2v) is 6.24. The van der Waals surface area contributed by atoms with Gasteiger partial charge >= 0.3 is 0 Å². The number of benzene rings is 2. The van der Waals surface area contributed by atoms with Crippen molar-refractivity contribution >= 4 is 17.5 Å². The Bertz CT molecular complexity index is 798. The number of ether oxygens (including phenoxy) is 2. The first-order chi connectivity index (χ1) is 12.6. The standard InChI is InChI=1S/C20H22N2O4/c1-25-17-10-5-14(12-18(17)26-2)20(24)22-16-6-3-13(4-7-16)11-19(23)21-15-8-9-15/h3-7,10,12,15H,8-9,11H2,1-2H3,(H,21,23)(H,22,24). The molecule has 3 rings (SSSR count). The Morgan fingerprint density at radius 1 is 1.00 bits per heavy atom. The van der Waals surface area contributed by atoms with Crippen LogP contribution in [0.25, 0.3) is 0 Å². The van der Waals surface area contributed by atoms with E-state index in [2.05, 4.69) is 10.6 Å². The molecule has 0 aromatic heterocycles. The fourth-order valence-electron chi connectivity index (χ4n) is 2.58. The third kappa shape index (κ3) is 4.53. The second-order valence-electron chi connectivity index (χ2n) is 6.24. The molecule has 2 N–H and O–H groups in total. The summed E-state index contributed by atoms with van der Waals surface area (Å²) in [7, 11) is 3.07. The smallest absolute Gasteiger partial charge is 0.255 e.